The Labute approximate surface area is 87.8 Å². The van der Waals surface area contributed by atoms with Crippen LogP contribution in [0, 0.1) is 6.08 Å². The zero-order valence-corrected chi connectivity index (χ0v) is 7.63. The molecule has 3 nitrogen and oxygen atoms in total. The average Bonchev–Trinajstić information content (AvgIpc) is 2.64. The second kappa shape index (κ2) is 3.81. The Morgan fingerprint density at radius 1 is 1.06 bits per heavy atom. The number of nitrogens with zero attached hydrogens (tertiary/aromatic N) is 2. The monoisotopic (exact) mass is 269 g/mol. The van der Waals surface area contributed by atoms with Gasteiger partial charge in [0.25, 0.3) is 0 Å². The van der Waals surface area contributed by atoms with E-state index in [1.54, 1.807) is 0 Å². The third-order valence-electron chi connectivity index (χ3n) is 1.78. The Morgan fingerprint density at radius 2 is 1.59 bits per heavy atom. The van der Waals surface area contributed by atoms with E-state index in [9.17, 15) is 35.1 Å². The predicted octanol–water partition coefficient (Wildman–Crippen LogP) is 2.28. The molecule has 11 heteroatoms. The first-order valence-electron chi connectivity index (χ1n) is 3.84. The SMILES string of the molecule is FCC(F)(F)C(F)(F)C(F)(F)c1nc(F)n[nH]1. The van der Waals surface area contributed by atoms with E-state index in [1.807, 2.05) is 0 Å². The Morgan fingerprint density at radius 3 is 1.94 bits per heavy atom. The summed E-state index contributed by atoms with van der Waals surface area (Å²) in [6, 6.07) is 0. The van der Waals surface area contributed by atoms with Crippen LogP contribution in [0.15, 0.2) is 0 Å². The molecular weight excluding hydrogens is 266 g/mol. The molecule has 0 aliphatic rings. The second-order valence-corrected chi connectivity index (χ2v) is 2.94. The number of alkyl halides is 7. The van der Waals surface area contributed by atoms with Crippen LogP contribution in [0.25, 0.3) is 0 Å². The lowest BCUT2D eigenvalue weighted by Crippen LogP contribution is -2.54. The van der Waals surface area contributed by atoms with Crippen LogP contribution >= 0.6 is 0 Å². The Hall–Kier alpha value is -1.42. The summed E-state index contributed by atoms with van der Waals surface area (Å²) in [4.78, 5) is 2.18. The highest BCUT2D eigenvalue weighted by Gasteiger charge is 2.73. The minimum absolute atomic E-state index is 1.03. The van der Waals surface area contributed by atoms with Crippen LogP contribution in [0.2, 0.25) is 0 Å². The van der Waals surface area contributed by atoms with Gasteiger partial charge in [-0.25, -0.2) is 4.39 Å². The largest absolute Gasteiger partial charge is 0.382 e. The molecule has 98 valence electrons. The van der Waals surface area contributed by atoms with Gasteiger partial charge in [-0.1, -0.05) is 0 Å². The first-order chi connectivity index (χ1) is 7.56. The highest BCUT2D eigenvalue weighted by molar-refractivity contribution is 5.06. The molecule has 0 saturated carbocycles. The van der Waals surface area contributed by atoms with Gasteiger partial charge in [0.1, 0.15) is 0 Å². The molecule has 0 spiro atoms. The van der Waals surface area contributed by atoms with Crippen LogP contribution in [0.4, 0.5) is 35.1 Å². The molecule has 0 saturated heterocycles. The fourth-order valence-electron chi connectivity index (χ4n) is 0.844. The van der Waals surface area contributed by atoms with Crippen LogP contribution in [0.1, 0.15) is 5.82 Å². The highest BCUT2D eigenvalue weighted by atomic mass is 19.3. The fraction of sp³-hybridized carbons (Fsp3) is 0.667. The molecule has 0 unspecified atom stereocenters. The van der Waals surface area contributed by atoms with E-state index in [0.29, 0.717) is 0 Å². The van der Waals surface area contributed by atoms with Crippen molar-refractivity contribution in [2.24, 2.45) is 0 Å². The number of aromatic nitrogens is 3. The lowest BCUT2D eigenvalue weighted by Gasteiger charge is -2.29. The zero-order chi connectivity index (χ0) is 13.5. The summed E-state index contributed by atoms with van der Waals surface area (Å²) in [5.74, 6) is -19.4. The van der Waals surface area contributed by atoms with E-state index in [0.717, 1.165) is 5.10 Å². The molecule has 0 aliphatic carbocycles. The molecule has 0 aromatic carbocycles. The van der Waals surface area contributed by atoms with Crippen molar-refractivity contribution in [1.29, 1.82) is 0 Å². The zero-order valence-electron chi connectivity index (χ0n) is 7.63. The number of rotatable bonds is 4. The standard InChI is InChI=1S/C6H3F8N3/c7-1-4(9,10)6(13,14)5(11,12)2-15-3(8)17-16-2/h1H2,(H,15,16,17). The van der Waals surface area contributed by atoms with Crippen LogP contribution in [0.3, 0.4) is 0 Å². The predicted molar refractivity (Wildman–Crippen MR) is 36.1 cm³/mol. The molecule has 0 bridgehead atoms. The maximum atomic E-state index is 12.9. The molecule has 0 aliphatic heterocycles. The van der Waals surface area contributed by atoms with Gasteiger partial charge in [0, 0.05) is 0 Å². The molecule has 1 rings (SSSR count). The maximum Gasteiger partial charge on any atom is 0.382 e. The number of hydrogen-bond acceptors (Lipinski definition) is 2. The molecule has 1 heterocycles. The van der Waals surface area contributed by atoms with E-state index in [2.05, 4.69) is 10.1 Å². The summed E-state index contributed by atoms with van der Waals surface area (Å²) in [6.07, 6.45) is -1.83. The lowest BCUT2D eigenvalue weighted by atomic mass is 10.1. The number of halogens is 8. The summed E-state index contributed by atoms with van der Waals surface area (Å²) < 4.78 is 99.8. The Bertz CT molecular complexity index is 400. The summed E-state index contributed by atoms with van der Waals surface area (Å²) in [7, 11) is 0. The van der Waals surface area contributed by atoms with Crippen molar-refractivity contribution >= 4 is 0 Å². The van der Waals surface area contributed by atoms with Crippen molar-refractivity contribution in [2.45, 2.75) is 17.8 Å². The normalized spacial score (nSPS) is 14.1. The summed E-state index contributed by atoms with van der Waals surface area (Å²) >= 11 is 0. The molecule has 0 atom stereocenters. The van der Waals surface area contributed by atoms with Gasteiger partial charge in [-0.3, -0.25) is 5.10 Å². The quantitative estimate of drug-likeness (QED) is 0.852. The van der Waals surface area contributed by atoms with Gasteiger partial charge < -0.3 is 0 Å². The maximum absolute atomic E-state index is 12.9. The van der Waals surface area contributed by atoms with Gasteiger partial charge in [-0.15, -0.1) is 5.10 Å². The molecular formula is C6H3F8N3. The molecule has 0 fully saturated rings. The van der Waals surface area contributed by atoms with Gasteiger partial charge >= 0.3 is 23.8 Å². The molecule has 0 radical (unpaired) electrons. The van der Waals surface area contributed by atoms with Gasteiger partial charge in [0.2, 0.25) is 5.82 Å². The summed E-state index contributed by atoms with van der Waals surface area (Å²) in [5, 5.41) is 3.38. The third kappa shape index (κ3) is 1.93. The number of nitrogens with one attached hydrogen (secondary N) is 1. The van der Waals surface area contributed by atoms with Gasteiger partial charge in [-0.05, 0) is 0 Å². The smallest absolute Gasteiger partial charge is 0.255 e. The van der Waals surface area contributed by atoms with E-state index >= 15 is 0 Å². The van der Waals surface area contributed by atoms with Crippen LogP contribution < -0.4 is 0 Å². The Kier molecular flexibility index (Phi) is 3.05. The van der Waals surface area contributed by atoms with E-state index in [-0.39, 0.29) is 0 Å². The van der Waals surface area contributed by atoms with E-state index in [1.165, 1.54) is 0 Å². The molecule has 1 N–H and O–H groups in total. The van der Waals surface area contributed by atoms with Crippen LogP contribution in [-0.4, -0.2) is 33.7 Å². The minimum Gasteiger partial charge on any atom is -0.255 e. The first kappa shape index (κ1) is 13.6. The van der Waals surface area contributed by atoms with Crippen LogP contribution in [0.5, 0.6) is 0 Å². The van der Waals surface area contributed by atoms with Gasteiger partial charge in [-0.2, -0.15) is 35.7 Å². The van der Waals surface area contributed by atoms with Crippen molar-refractivity contribution in [3.05, 3.63) is 11.9 Å². The summed E-state index contributed by atoms with van der Waals surface area (Å²) in [6.45, 7) is -3.01. The third-order valence-corrected chi connectivity index (χ3v) is 1.78. The first-order valence-corrected chi connectivity index (χ1v) is 3.84. The van der Waals surface area contributed by atoms with Crippen molar-refractivity contribution < 1.29 is 35.1 Å². The number of aromatic amines is 1. The van der Waals surface area contributed by atoms with Crippen LogP contribution in [-0.2, 0) is 5.92 Å². The van der Waals surface area contributed by atoms with E-state index in [4.69, 9.17) is 0 Å². The van der Waals surface area contributed by atoms with Crippen molar-refractivity contribution in [3.63, 3.8) is 0 Å². The molecule has 1 aromatic heterocycles. The number of H-pyrrole nitrogens is 1. The lowest BCUT2D eigenvalue weighted by molar-refractivity contribution is -0.320. The van der Waals surface area contributed by atoms with Crippen molar-refractivity contribution in [3.8, 4) is 0 Å². The minimum atomic E-state index is -6.08. The van der Waals surface area contributed by atoms with E-state index < -0.39 is 36.3 Å². The van der Waals surface area contributed by atoms with Gasteiger partial charge in [0.05, 0.1) is 0 Å². The molecule has 1 aromatic rings. The second-order valence-electron chi connectivity index (χ2n) is 2.94. The highest BCUT2D eigenvalue weighted by Crippen LogP contribution is 2.50. The molecule has 17 heavy (non-hydrogen) atoms. The van der Waals surface area contributed by atoms with Gasteiger partial charge in [0.15, 0.2) is 6.67 Å². The number of hydrogen-bond donors (Lipinski definition) is 1. The van der Waals surface area contributed by atoms with Crippen molar-refractivity contribution in [1.82, 2.24) is 15.2 Å². The summed E-state index contributed by atoms with van der Waals surface area (Å²) in [5.41, 5.74) is 0. The average molecular weight is 269 g/mol. The fourth-order valence-corrected chi connectivity index (χ4v) is 0.844. The van der Waals surface area contributed by atoms with Crippen molar-refractivity contribution in [2.75, 3.05) is 6.67 Å². The topological polar surface area (TPSA) is 41.6 Å². The Balaban J connectivity index is 3.21. The molecule has 0 amide bonds.